The number of aliphatic hydroxyl groups excluding tert-OH is 1. The summed E-state index contributed by atoms with van der Waals surface area (Å²) in [7, 11) is 1.69. The van der Waals surface area contributed by atoms with E-state index in [2.05, 4.69) is 6.07 Å². The van der Waals surface area contributed by atoms with Crippen molar-refractivity contribution in [2.24, 2.45) is 5.73 Å². The maximum Gasteiger partial charge on any atom is 0.184 e. The summed E-state index contributed by atoms with van der Waals surface area (Å²) in [4.78, 5) is 1.10. The van der Waals surface area contributed by atoms with Gasteiger partial charge in [0.1, 0.15) is 5.75 Å². The molecule has 0 amide bonds. The van der Waals surface area contributed by atoms with Gasteiger partial charge in [0.25, 0.3) is 0 Å². The predicted octanol–water partition coefficient (Wildman–Crippen LogP) is 4.98. The molecule has 1 fully saturated rings. The Balaban J connectivity index is 1.54. The standard InChI is InChI=1S/C26H29NO4S/c1-29-23-4-2-3-5-25(23)32-17-22-14-24(20-10-8-19(16-28)9-11-20)31-26(30-22)21-12-6-18(15-27)7-13-21/h2-13,22,24,26,28H,14-17,27H2,1H3/t22-,24+,26+/m1/s1. The third-order valence-electron chi connectivity index (χ3n) is 5.60. The highest BCUT2D eigenvalue weighted by atomic mass is 32.2. The first-order chi connectivity index (χ1) is 15.7. The molecule has 1 aliphatic rings. The van der Waals surface area contributed by atoms with Gasteiger partial charge in [-0.3, -0.25) is 0 Å². The van der Waals surface area contributed by atoms with Gasteiger partial charge < -0.3 is 25.1 Å². The minimum Gasteiger partial charge on any atom is -0.496 e. The topological polar surface area (TPSA) is 73.9 Å². The smallest absolute Gasteiger partial charge is 0.184 e. The van der Waals surface area contributed by atoms with Crippen LogP contribution in [0.4, 0.5) is 0 Å². The largest absolute Gasteiger partial charge is 0.496 e. The van der Waals surface area contributed by atoms with Crippen molar-refractivity contribution < 1.29 is 19.3 Å². The molecule has 3 N–H and O–H groups in total. The summed E-state index contributed by atoms with van der Waals surface area (Å²) in [6.07, 6.45) is 0.193. The monoisotopic (exact) mass is 451 g/mol. The lowest BCUT2D eigenvalue weighted by Crippen LogP contribution is -2.31. The van der Waals surface area contributed by atoms with Crippen molar-refractivity contribution in [3.63, 3.8) is 0 Å². The van der Waals surface area contributed by atoms with Crippen LogP contribution in [0.15, 0.2) is 77.7 Å². The Morgan fingerprint density at radius 2 is 1.62 bits per heavy atom. The average molecular weight is 452 g/mol. The highest BCUT2D eigenvalue weighted by Gasteiger charge is 2.32. The van der Waals surface area contributed by atoms with Gasteiger partial charge in [-0.05, 0) is 28.8 Å². The fourth-order valence-corrected chi connectivity index (χ4v) is 4.80. The van der Waals surface area contributed by atoms with Gasteiger partial charge in [-0.1, -0.05) is 60.7 Å². The van der Waals surface area contributed by atoms with Crippen molar-refractivity contribution in [3.05, 3.63) is 95.1 Å². The van der Waals surface area contributed by atoms with Crippen LogP contribution in [0, 0.1) is 0 Å². The Morgan fingerprint density at radius 1 is 0.938 bits per heavy atom. The second kappa shape index (κ2) is 11.0. The van der Waals surface area contributed by atoms with Gasteiger partial charge in [0.15, 0.2) is 6.29 Å². The average Bonchev–Trinajstić information content (AvgIpc) is 2.87. The molecule has 0 aliphatic carbocycles. The third kappa shape index (κ3) is 5.52. The van der Waals surface area contributed by atoms with Crippen LogP contribution >= 0.6 is 11.8 Å². The minimum atomic E-state index is -0.457. The van der Waals surface area contributed by atoms with Gasteiger partial charge in [0.05, 0.1) is 25.9 Å². The number of para-hydroxylation sites is 1. The summed E-state index contributed by atoms with van der Waals surface area (Å²) < 4.78 is 18.3. The van der Waals surface area contributed by atoms with E-state index in [4.69, 9.17) is 19.9 Å². The zero-order valence-corrected chi connectivity index (χ0v) is 19.0. The molecule has 5 nitrogen and oxygen atoms in total. The van der Waals surface area contributed by atoms with E-state index >= 15 is 0 Å². The molecular formula is C26H29NO4S. The van der Waals surface area contributed by atoms with E-state index in [0.29, 0.717) is 6.54 Å². The molecule has 1 heterocycles. The molecule has 1 aliphatic heterocycles. The molecule has 168 valence electrons. The van der Waals surface area contributed by atoms with Crippen LogP contribution in [0.1, 0.15) is 41.1 Å². The molecule has 3 aromatic carbocycles. The lowest BCUT2D eigenvalue weighted by molar-refractivity contribution is -0.245. The van der Waals surface area contributed by atoms with Crippen molar-refractivity contribution in [3.8, 4) is 5.75 Å². The van der Waals surface area contributed by atoms with Crippen LogP contribution < -0.4 is 10.5 Å². The van der Waals surface area contributed by atoms with E-state index < -0.39 is 6.29 Å². The molecule has 0 unspecified atom stereocenters. The van der Waals surface area contributed by atoms with Gasteiger partial charge in [0, 0.05) is 29.2 Å². The maximum absolute atomic E-state index is 9.36. The van der Waals surface area contributed by atoms with E-state index in [9.17, 15) is 5.11 Å². The molecule has 0 saturated carbocycles. The van der Waals surface area contributed by atoms with Gasteiger partial charge in [-0.25, -0.2) is 0 Å². The van der Waals surface area contributed by atoms with Gasteiger partial charge in [-0.2, -0.15) is 0 Å². The summed E-state index contributed by atoms with van der Waals surface area (Å²) in [6.45, 7) is 0.536. The summed E-state index contributed by atoms with van der Waals surface area (Å²) in [5.41, 5.74) is 9.77. The Morgan fingerprint density at radius 3 is 2.31 bits per heavy atom. The van der Waals surface area contributed by atoms with Crippen molar-refractivity contribution in [1.82, 2.24) is 0 Å². The maximum atomic E-state index is 9.36. The number of ether oxygens (including phenoxy) is 3. The normalized spacial score (nSPS) is 20.8. The Bertz CT molecular complexity index is 938. The molecule has 4 rings (SSSR count). The van der Waals surface area contributed by atoms with Gasteiger partial charge >= 0.3 is 0 Å². The quantitative estimate of drug-likeness (QED) is 0.471. The van der Waals surface area contributed by atoms with Crippen LogP contribution in [-0.2, 0) is 22.6 Å². The number of aliphatic hydroxyl groups is 1. The Hall–Kier alpha value is -2.35. The number of methoxy groups -OCH3 is 1. The molecule has 0 radical (unpaired) electrons. The highest BCUT2D eigenvalue weighted by Crippen LogP contribution is 2.40. The van der Waals surface area contributed by atoms with E-state index in [-0.39, 0.29) is 18.8 Å². The first-order valence-corrected chi connectivity index (χ1v) is 11.7. The molecule has 3 atom stereocenters. The zero-order valence-electron chi connectivity index (χ0n) is 18.1. The van der Waals surface area contributed by atoms with Crippen LogP contribution in [0.2, 0.25) is 0 Å². The molecular weight excluding hydrogens is 422 g/mol. The molecule has 3 aromatic rings. The number of hydrogen-bond acceptors (Lipinski definition) is 6. The number of hydrogen-bond donors (Lipinski definition) is 2. The fraction of sp³-hybridized carbons (Fsp3) is 0.308. The first kappa shape index (κ1) is 22.8. The van der Waals surface area contributed by atoms with Crippen molar-refractivity contribution in [1.29, 1.82) is 0 Å². The van der Waals surface area contributed by atoms with Crippen LogP contribution in [0.3, 0.4) is 0 Å². The van der Waals surface area contributed by atoms with Gasteiger partial charge in [-0.15, -0.1) is 11.8 Å². The van der Waals surface area contributed by atoms with E-state index in [1.807, 2.05) is 66.7 Å². The van der Waals surface area contributed by atoms with E-state index in [1.165, 1.54) is 0 Å². The molecule has 0 spiro atoms. The zero-order chi connectivity index (χ0) is 22.3. The van der Waals surface area contributed by atoms with Crippen LogP contribution in [-0.4, -0.2) is 24.1 Å². The fourth-order valence-electron chi connectivity index (χ4n) is 3.75. The summed E-state index contributed by atoms with van der Waals surface area (Å²) in [5, 5.41) is 9.36. The van der Waals surface area contributed by atoms with Crippen molar-refractivity contribution in [2.75, 3.05) is 12.9 Å². The number of benzene rings is 3. The molecule has 1 saturated heterocycles. The van der Waals surface area contributed by atoms with Crippen molar-refractivity contribution >= 4 is 11.8 Å². The number of thioether (sulfide) groups is 1. The molecule has 0 aromatic heterocycles. The predicted molar refractivity (Wildman–Crippen MR) is 126 cm³/mol. The third-order valence-corrected chi connectivity index (χ3v) is 6.78. The Labute approximate surface area is 193 Å². The first-order valence-electron chi connectivity index (χ1n) is 10.8. The summed E-state index contributed by atoms with van der Waals surface area (Å²) >= 11 is 1.73. The van der Waals surface area contributed by atoms with Crippen LogP contribution in [0.5, 0.6) is 5.75 Å². The second-order valence-electron chi connectivity index (χ2n) is 7.76. The van der Waals surface area contributed by atoms with Crippen molar-refractivity contribution in [2.45, 2.75) is 43.0 Å². The SMILES string of the molecule is COc1ccccc1SC[C@H]1C[C@@H](c2ccc(CO)cc2)O[C@@H](c2ccc(CN)cc2)O1. The van der Waals surface area contributed by atoms with E-state index in [1.54, 1.807) is 18.9 Å². The molecule has 0 bridgehead atoms. The number of nitrogens with two attached hydrogens (primary N) is 1. The summed E-state index contributed by atoms with van der Waals surface area (Å²) in [6, 6.07) is 24.0. The lowest BCUT2D eigenvalue weighted by atomic mass is 10.0. The highest BCUT2D eigenvalue weighted by molar-refractivity contribution is 7.99. The summed E-state index contributed by atoms with van der Waals surface area (Å²) in [5.74, 6) is 1.65. The lowest BCUT2D eigenvalue weighted by Gasteiger charge is -2.36. The second-order valence-corrected chi connectivity index (χ2v) is 8.82. The molecule has 32 heavy (non-hydrogen) atoms. The minimum absolute atomic E-state index is 0.000339. The van der Waals surface area contributed by atoms with Gasteiger partial charge in [0.2, 0.25) is 0 Å². The molecule has 6 heteroatoms. The number of rotatable bonds is 8. The Kier molecular flexibility index (Phi) is 7.84. The van der Waals surface area contributed by atoms with E-state index in [0.717, 1.165) is 45.1 Å². The van der Waals surface area contributed by atoms with Crippen LogP contribution in [0.25, 0.3) is 0 Å².